The Morgan fingerprint density at radius 1 is 1.35 bits per heavy atom. The fourth-order valence-electron chi connectivity index (χ4n) is 1.85. The molecule has 1 amide bonds. The number of nitrogens with zero attached hydrogens (tertiary/aromatic N) is 1. The third-order valence-corrected chi connectivity index (χ3v) is 3.42. The van der Waals surface area contributed by atoms with Gasteiger partial charge in [0.1, 0.15) is 5.82 Å². The molecule has 1 aromatic carbocycles. The summed E-state index contributed by atoms with van der Waals surface area (Å²) in [6, 6.07) is 8.39. The van der Waals surface area contributed by atoms with Crippen LogP contribution in [0.2, 0.25) is 10.0 Å². The van der Waals surface area contributed by atoms with Crippen molar-refractivity contribution in [2.24, 2.45) is 5.73 Å². The van der Waals surface area contributed by atoms with Gasteiger partial charge in [-0.25, -0.2) is 4.98 Å². The Labute approximate surface area is 126 Å². The number of carbonyl (C=O) groups is 1. The molecule has 104 valence electrons. The summed E-state index contributed by atoms with van der Waals surface area (Å²) < 4.78 is 0. The lowest BCUT2D eigenvalue weighted by atomic mass is 10.1. The van der Waals surface area contributed by atoms with E-state index >= 15 is 0 Å². The minimum absolute atomic E-state index is 0.146. The fourth-order valence-corrected chi connectivity index (χ4v) is 2.43. The summed E-state index contributed by atoms with van der Waals surface area (Å²) in [6.07, 6.45) is 1.59. The lowest BCUT2D eigenvalue weighted by Crippen LogP contribution is -2.17. The van der Waals surface area contributed by atoms with Crippen molar-refractivity contribution in [1.29, 1.82) is 0 Å². The van der Waals surface area contributed by atoms with Crippen LogP contribution < -0.4 is 11.1 Å². The van der Waals surface area contributed by atoms with Gasteiger partial charge in [-0.15, -0.1) is 0 Å². The zero-order valence-electron chi connectivity index (χ0n) is 10.7. The minimum Gasteiger partial charge on any atom is -0.365 e. The Morgan fingerprint density at radius 2 is 2.10 bits per heavy atom. The summed E-state index contributed by atoms with van der Waals surface area (Å²) >= 11 is 12.0. The van der Waals surface area contributed by atoms with E-state index in [1.54, 1.807) is 30.5 Å². The maximum absolute atomic E-state index is 11.4. The molecule has 0 spiro atoms. The van der Waals surface area contributed by atoms with Crippen LogP contribution in [-0.2, 0) is 0 Å². The number of pyridine rings is 1. The van der Waals surface area contributed by atoms with Crippen LogP contribution in [0.1, 0.15) is 28.9 Å². The second-order valence-corrected chi connectivity index (χ2v) is 5.14. The quantitative estimate of drug-likeness (QED) is 0.905. The molecule has 1 unspecified atom stereocenters. The Hall–Kier alpha value is -1.78. The average Bonchev–Trinajstić information content (AvgIpc) is 2.38. The molecule has 0 saturated heterocycles. The molecule has 0 aliphatic rings. The van der Waals surface area contributed by atoms with Crippen LogP contribution >= 0.6 is 23.2 Å². The van der Waals surface area contributed by atoms with Gasteiger partial charge in [0.15, 0.2) is 0 Å². The number of halogens is 2. The van der Waals surface area contributed by atoms with Gasteiger partial charge in [0, 0.05) is 16.2 Å². The number of rotatable bonds is 4. The SMILES string of the molecule is CC(Nc1ncccc1C(N)=O)c1ccc(Cl)cc1Cl. The summed E-state index contributed by atoms with van der Waals surface area (Å²) in [6.45, 7) is 1.91. The van der Waals surface area contributed by atoms with Crippen molar-refractivity contribution in [3.05, 3.63) is 57.7 Å². The van der Waals surface area contributed by atoms with Crippen molar-refractivity contribution in [3.63, 3.8) is 0 Å². The largest absolute Gasteiger partial charge is 0.365 e. The zero-order chi connectivity index (χ0) is 14.7. The van der Waals surface area contributed by atoms with Gasteiger partial charge in [0.05, 0.1) is 11.6 Å². The third-order valence-electron chi connectivity index (χ3n) is 2.86. The van der Waals surface area contributed by atoms with Crippen molar-refractivity contribution in [3.8, 4) is 0 Å². The maximum Gasteiger partial charge on any atom is 0.252 e. The predicted molar refractivity (Wildman–Crippen MR) is 81.3 cm³/mol. The third kappa shape index (κ3) is 3.21. The van der Waals surface area contributed by atoms with Gasteiger partial charge in [0.25, 0.3) is 5.91 Å². The van der Waals surface area contributed by atoms with E-state index in [2.05, 4.69) is 10.3 Å². The smallest absolute Gasteiger partial charge is 0.252 e. The minimum atomic E-state index is -0.532. The van der Waals surface area contributed by atoms with Gasteiger partial charge in [0.2, 0.25) is 0 Å². The van der Waals surface area contributed by atoms with Gasteiger partial charge in [-0.3, -0.25) is 4.79 Å². The normalized spacial score (nSPS) is 11.9. The Balaban J connectivity index is 2.28. The molecule has 0 saturated carbocycles. The van der Waals surface area contributed by atoms with Crippen molar-refractivity contribution in [2.75, 3.05) is 5.32 Å². The lowest BCUT2D eigenvalue weighted by Gasteiger charge is -2.17. The Morgan fingerprint density at radius 3 is 2.75 bits per heavy atom. The second kappa shape index (κ2) is 6.11. The first-order valence-corrected chi connectivity index (χ1v) is 6.71. The first kappa shape index (κ1) is 14.6. The topological polar surface area (TPSA) is 68.0 Å². The van der Waals surface area contributed by atoms with Crippen LogP contribution in [-0.4, -0.2) is 10.9 Å². The molecule has 1 heterocycles. The van der Waals surface area contributed by atoms with Gasteiger partial charge in [-0.05, 0) is 36.8 Å². The summed E-state index contributed by atoms with van der Waals surface area (Å²) in [5.41, 5.74) is 6.51. The van der Waals surface area contributed by atoms with Crippen LogP contribution in [0.5, 0.6) is 0 Å². The molecule has 2 aromatic rings. The highest BCUT2D eigenvalue weighted by molar-refractivity contribution is 6.35. The van der Waals surface area contributed by atoms with Gasteiger partial charge < -0.3 is 11.1 Å². The first-order valence-electron chi connectivity index (χ1n) is 5.95. The van der Waals surface area contributed by atoms with E-state index in [0.29, 0.717) is 21.4 Å². The molecule has 20 heavy (non-hydrogen) atoms. The number of amides is 1. The number of benzene rings is 1. The number of nitrogens with one attached hydrogen (secondary N) is 1. The molecule has 6 heteroatoms. The van der Waals surface area contributed by atoms with Gasteiger partial charge >= 0.3 is 0 Å². The monoisotopic (exact) mass is 309 g/mol. The molecule has 1 atom stereocenters. The van der Waals surface area contributed by atoms with Crippen LogP contribution in [0.4, 0.5) is 5.82 Å². The van der Waals surface area contributed by atoms with Crippen LogP contribution in [0.3, 0.4) is 0 Å². The van der Waals surface area contributed by atoms with E-state index < -0.39 is 5.91 Å². The van der Waals surface area contributed by atoms with Crippen molar-refractivity contribution >= 4 is 34.9 Å². The summed E-state index contributed by atoms with van der Waals surface area (Å²) in [5, 5.41) is 4.25. The van der Waals surface area contributed by atoms with E-state index in [9.17, 15) is 4.79 Å². The molecule has 1 aromatic heterocycles. The molecule has 3 N–H and O–H groups in total. The standard InChI is InChI=1S/C14H13Cl2N3O/c1-8(10-5-4-9(15)7-12(10)16)19-14-11(13(17)20)3-2-6-18-14/h2-8H,1H3,(H2,17,20)(H,18,19). The number of anilines is 1. The molecule has 0 radical (unpaired) electrons. The van der Waals surface area contributed by atoms with Gasteiger partial charge in [-0.2, -0.15) is 0 Å². The number of nitrogens with two attached hydrogens (primary N) is 1. The van der Waals surface area contributed by atoms with Crippen molar-refractivity contribution < 1.29 is 4.79 Å². The highest BCUT2D eigenvalue weighted by Gasteiger charge is 2.14. The maximum atomic E-state index is 11.4. The molecular weight excluding hydrogens is 297 g/mol. The van der Waals surface area contributed by atoms with Crippen molar-refractivity contribution in [2.45, 2.75) is 13.0 Å². The summed E-state index contributed by atoms with van der Waals surface area (Å²) in [7, 11) is 0. The average molecular weight is 310 g/mol. The van der Waals surface area contributed by atoms with E-state index in [1.165, 1.54) is 0 Å². The molecule has 2 rings (SSSR count). The van der Waals surface area contributed by atoms with Crippen LogP contribution in [0, 0.1) is 0 Å². The number of aromatic nitrogens is 1. The first-order chi connectivity index (χ1) is 9.49. The zero-order valence-corrected chi connectivity index (χ0v) is 12.2. The van der Waals surface area contributed by atoms with Crippen molar-refractivity contribution in [1.82, 2.24) is 4.98 Å². The molecule has 0 bridgehead atoms. The molecule has 0 fully saturated rings. The van der Waals surface area contributed by atoms with Crippen LogP contribution in [0.15, 0.2) is 36.5 Å². The predicted octanol–water partition coefficient (Wildman–Crippen LogP) is 3.66. The second-order valence-electron chi connectivity index (χ2n) is 4.30. The highest BCUT2D eigenvalue weighted by Crippen LogP contribution is 2.28. The van der Waals surface area contributed by atoms with E-state index in [0.717, 1.165) is 5.56 Å². The molecule has 4 nitrogen and oxygen atoms in total. The summed E-state index contributed by atoms with van der Waals surface area (Å²) in [4.78, 5) is 15.5. The molecule has 0 aliphatic heterocycles. The Kier molecular flexibility index (Phi) is 4.47. The Bertz CT molecular complexity index is 646. The fraction of sp³-hybridized carbons (Fsp3) is 0.143. The number of hydrogen-bond donors (Lipinski definition) is 2. The molecular formula is C14H13Cl2N3O. The number of hydrogen-bond acceptors (Lipinski definition) is 3. The number of carbonyl (C=O) groups excluding carboxylic acids is 1. The van der Waals surface area contributed by atoms with E-state index in [4.69, 9.17) is 28.9 Å². The lowest BCUT2D eigenvalue weighted by molar-refractivity contribution is 0.100. The van der Waals surface area contributed by atoms with Crippen LogP contribution in [0.25, 0.3) is 0 Å². The van der Waals surface area contributed by atoms with E-state index in [1.807, 2.05) is 13.0 Å². The van der Waals surface area contributed by atoms with Gasteiger partial charge in [-0.1, -0.05) is 29.3 Å². The summed E-state index contributed by atoms with van der Waals surface area (Å²) in [5.74, 6) is -0.103. The highest BCUT2D eigenvalue weighted by atomic mass is 35.5. The molecule has 0 aliphatic carbocycles. The van der Waals surface area contributed by atoms with E-state index in [-0.39, 0.29) is 6.04 Å². The number of primary amides is 1.